The smallest absolute Gasteiger partial charge is 0.161 e. The lowest BCUT2D eigenvalue weighted by atomic mass is 10.0. The van der Waals surface area contributed by atoms with E-state index < -0.39 is 0 Å². The first-order valence-corrected chi connectivity index (χ1v) is 9.60. The van der Waals surface area contributed by atoms with Crippen LogP contribution >= 0.6 is 0 Å². The van der Waals surface area contributed by atoms with Crippen LogP contribution in [-0.2, 0) is 6.42 Å². The molecule has 1 unspecified atom stereocenters. The molecule has 0 bridgehead atoms. The number of methoxy groups -OCH3 is 1. The normalized spacial score (nSPS) is 20.0. The van der Waals surface area contributed by atoms with Crippen molar-refractivity contribution in [3.63, 3.8) is 0 Å². The van der Waals surface area contributed by atoms with Gasteiger partial charge in [-0.05, 0) is 61.2 Å². The summed E-state index contributed by atoms with van der Waals surface area (Å²) in [5.74, 6) is 2.70. The highest BCUT2D eigenvalue weighted by molar-refractivity contribution is 5.44. The molecule has 1 fully saturated rings. The van der Waals surface area contributed by atoms with E-state index in [1.165, 1.54) is 24.0 Å². The minimum absolute atomic E-state index is 0.477. The second kappa shape index (κ2) is 8.00. The lowest BCUT2D eigenvalue weighted by Gasteiger charge is -2.25. The SMILES string of the molecule is COc1ccc(CCN2CCCC2c2ccc3c(c2)OCCCO3)cc1. The average Bonchev–Trinajstić information content (AvgIpc) is 3.03. The maximum atomic E-state index is 5.88. The molecule has 2 aromatic rings. The van der Waals surface area contributed by atoms with Crippen molar-refractivity contribution in [3.05, 3.63) is 53.6 Å². The van der Waals surface area contributed by atoms with E-state index in [4.69, 9.17) is 14.2 Å². The van der Waals surface area contributed by atoms with Crippen molar-refractivity contribution < 1.29 is 14.2 Å². The fourth-order valence-electron chi connectivity index (χ4n) is 3.92. The van der Waals surface area contributed by atoms with Gasteiger partial charge in [-0.3, -0.25) is 4.90 Å². The van der Waals surface area contributed by atoms with E-state index in [2.05, 4.69) is 35.2 Å². The Hall–Kier alpha value is -2.20. The van der Waals surface area contributed by atoms with Crippen LogP contribution in [0.5, 0.6) is 17.2 Å². The van der Waals surface area contributed by atoms with E-state index >= 15 is 0 Å². The van der Waals surface area contributed by atoms with Crippen LogP contribution in [0.3, 0.4) is 0 Å². The summed E-state index contributed by atoms with van der Waals surface area (Å²) in [5.41, 5.74) is 2.71. The zero-order valence-electron chi connectivity index (χ0n) is 15.4. The first-order chi connectivity index (χ1) is 12.8. The second-order valence-electron chi connectivity index (χ2n) is 7.05. The standard InChI is InChI=1S/C22H27NO3/c1-24-19-8-5-17(6-9-19)11-13-23-12-2-4-20(23)18-7-10-21-22(16-18)26-15-3-14-25-21/h5-10,16,20H,2-4,11-15H2,1H3. The van der Waals surface area contributed by atoms with Crippen LogP contribution in [0, 0.1) is 0 Å². The molecule has 2 aromatic carbocycles. The Balaban J connectivity index is 1.43. The van der Waals surface area contributed by atoms with Gasteiger partial charge in [0.1, 0.15) is 5.75 Å². The topological polar surface area (TPSA) is 30.9 Å². The molecular weight excluding hydrogens is 326 g/mol. The highest BCUT2D eigenvalue weighted by Gasteiger charge is 2.26. The summed E-state index contributed by atoms with van der Waals surface area (Å²) in [6.45, 7) is 3.72. The van der Waals surface area contributed by atoms with E-state index in [-0.39, 0.29) is 0 Å². The Bertz CT molecular complexity index is 729. The highest BCUT2D eigenvalue weighted by Crippen LogP contribution is 2.37. The van der Waals surface area contributed by atoms with Gasteiger partial charge in [0, 0.05) is 19.0 Å². The molecule has 1 saturated heterocycles. The van der Waals surface area contributed by atoms with Gasteiger partial charge in [0.05, 0.1) is 20.3 Å². The summed E-state index contributed by atoms with van der Waals surface area (Å²) in [6, 6.07) is 15.4. The third-order valence-corrected chi connectivity index (χ3v) is 5.37. The molecule has 138 valence electrons. The fourth-order valence-corrected chi connectivity index (χ4v) is 3.92. The molecule has 4 nitrogen and oxygen atoms in total. The van der Waals surface area contributed by atoms with E-state index in [1.807, 2.05) is 12.1 Å². The molecule has 0 N–H and O–H groups in total. The van der Waals surface area contributed by atoms with Crippen molar-refractivity contribution in [1.29, 1.82) is 0 Å². The van der Waals surface area contributed by atoms with Crippen molar-refractivity contribution in [1.82, 2.24) is 4.90 Å². The molecule has 0 aliphatic carbocycles. The Morgan fingerprint density at radius 3 is 2.62 bits per heavy atom. The number of hydrogen-bond donors (Lipinski definition) is 0. The summed E-state index contributed by atoms with van der Waals surface area (Å²) in [6.07, 6.45) is 4.47. The van der Waals surface area contributed by atoms with Crippen LogP contribution in [-0.4, -0.2) is 38.3 Å². The summed E-state index contributed by atoms with van der Waals surface area (Å²) < 4.78 is 16.9. The predicted octanol–water partition coefficient (Wildman–Crippen LogP) is 4.24. The Kier molecular flexibility index (Phi) is 5.30. The maximum absolute atomic E-state index is 5.88. The monoisotopic (exact) mass is 353 g/mol. The molecule has 2 aliphatic rings. The zero-order valence-corrected chi connectivity index (χ0v) is 15.4. The van der Waals surface area contributed by atoms with Gasteiger partial charge in [0.2, 0.25) is 0 Å². The molecule has 2 heterocycles. The summed E-state index contributed by atoms with van der Waals surface area (Å²) >= 11 is 0. The van der Waals surface area contributed by atoms with E-state index in [0.717, 1.165) is 56.4 Å². The van der Waals surface area contributed by atoms with E-state index in [9.17, 15) is 0 Å². The Morgan fingerprint density at radius 1 is 1.00 bits per heavy atom. The minimum atomic E-state index is 0.477. The van der Waals surface area contributed by atoms with Gasteiger partial charge < -0.3 is 14.2 Å². The van der Waals surface area contributed by atoms with Gasteiger partial charge in [-0.1, -0.05) is 18.2 Å². The van der Waals surface area contributed by atoms with Crippen LogP contribution in [0.1, 0.15) is 36.4 Å². The number of fused-ring (bicyclic) bond motifs is 1. The van der Waals surface area contributed by atoms with E-state index in [0.29, 0.717) is 6.04 Å². The fraction of sp³-hybridized carbons (Fsp3) is 0.455. The van der Waals surface area contributed by atoms with Crippen LogP contribution in [0.2, 0.25) is 0 Å². The number of benzene rings is 2. The van der Waals surface area contributed by atoms with Crippen LogP contribution in [0.25, 0.3) is 0 Å². The molecule has 0 spiro atoms. The van der Waals surface area contributed by atoms with Gasteiger partial charge in [0.25, 0.3) is 0 Å². The van der Waals surface area contributed by atoms with Crippen LogP contribution < -0.4 is 14.2 Å². The number of nitrogens with zero attached hydrogens (tertiary/aromatic N) is 1. The quantitative estimate of drug-likeness (QED) is 0.805. The summed E-state index contributed by atoms with van der Waals surface area (Å²) in [7, 11) is 1.71. The third kappa shape index (κ3) is 3.80. The lowest BCUT2D eigenvalue weighted by molar-refractivity contribution is 0.259. The zero-order chi connectivity index (χ0) is 17.8. The minimum Gasteiger partial charge on any atom is -0.497 e. The first kappa shape index (κ1) is 17.2. The predicted molar refractivity (Wildman–Crippen MR) is 102 cm³/mol. The molecule has 0 radical (unpaired) electrons. The van der Waals surface area contributed by atoms with Gasteiger partial charge in [-0.2, -0.15) is 0 Å². The largest absolute Gasteiger partial charge is 0.497 e. The van der Waals surface area contributed by atoms with Gasteiger partial charge in [0.15, 0.2) is 11.5 Å². The van der Waals surface area contributed by atoms with Gasteiger partial charge in [-0.15, -0.1) is 0 Å². The lowest BCUT2D eigenvalue weighted by Crippen LogP contribution is -2.25. The maximum Gasteiger partial charge on any atom is 0.161 e. The van der Waals surface area contributed by atoms with E-state index in [1.54, 1.807) is 7.11 Å². The average molecular weight is 353 g/mol. The Morgan fingerprint density at radius 2 is 1.81 bits per heavy atom. The number of rotatable bonds is 5. The molecule has 1 atom stereocenters. The van der Waals surface area contributed by atoms with Gasteiger partial charge in [-0.25, -0.2) is 0 Å². The molecule has 2 aliphatic heterocycles. The molecule has 26 heavy (non-hydrogen) atoms. The Labute approximate surface area is 155 Å². The van der Waals surface area contributed by atoms with Crippen LogP contribution in [0.4, 0.5) is 0 Å². The van der Waals surface area contributed by atoms with Crippen molar-refractivity contribution in [2.75, 3.05) is 33.4 Å². The molecule has 0 saturated carbocycles. The summed E-state index contributed by atoms with van der Waals surface area (Å²) in [5, 5.41) is 0. The van der Waals surface area contributed by atoms with Crippen LogP contribution in [0.15, 0.2) is 42.5 Å². The van der Waals surface area contributed by atoms with Crippen molar-refractivity contribution in [2.24, 2.45) is 0 Å². The number of hydrogen-bond acceptors (Lipinski definition) is 4. The van der Waals surface area contributed by atoms with Crippen molar-refractivity contribution in [2.45, 2.75) is 31.7 Å². The molecule has 4 heteroatoms. The molecular formula is C22H27NO3. The molecule has 4 rings (SSSR count). The third-order valence-electron chi connectivity index (χ3n) is 5.37. The highest BCUT2D eigenvalue weighted by atomic mass is 16.5. The number of ether oxygens (including phenoxy) is 3. The van der Waals surface area contributed by atoms with Gasteiger partial charge >= 0.3 is 0 Å². The molecule has 0 aromatic heterocycles. The van der Waals surface area contributed by atoms with Crippen molar-refractivity contribution in [3.8, 4) is 17.2 Å². The summed E-state index contributed by atoms with van der Waals surface area (Å²) in [4.78, 5) is 2.60. The second-order valence-corrected chi connectivity index (χ2v) is 7.05. The first-order valence-electron chi connectivity index (χ1n) is 9.60. The van der Waals surface area contributed by atoms with Crippen molar-refractivity contribution >= 4 is 0 Å². The number of likely N-dealkylation sites (tertiary alicyclic amines) is 1. The molecule has 0 amide bonds.